The van der Waals surface area contributed by atoms with Gasteiger partial charge in [0.25, 0.3) is 10.0 Å². The summed E-state index contributed by atoms with van der Waals surface area (Å²) in [6.45, 7) is 1.42. The van der Waals surface area contributed by atoms with Gasteiger partial charge in [-0.25, -0.2) is 8.42 Å². The Balaban J connectivity index is 2.36. The molecule has 104 valence electrons. The molecular formula is C14H12ClNO3S. The number of hydrogen-bond donors (Lipinski definition) is 1. The van der Waals surface area contributed by atoms with Crippen molar-refractivity contribution in [2.24, 2.45) is 0 Å². The van der Waals surface area contributed by atoms with Crippen molar-refractivity contribution in [3.8, 4) is 0 Å². The second-order valence-corrected chi connectivity index (χ2v) is 6.23. The van der Waals surface area contributed by atoms with Gasteiger partial charge in [-0.1, -0.05) is 35.9 Å². The van der Waals surface area contributed by atoms with E-state index in [1.165, 1.54) is 25.1 Å². The van der Waals surface area contributed by atoms with Crippen molar-refractivity contribution >= 4 is 33.1 Å². The molecule has 0 bridgehead atoms. The fraction of sp³-hybridized carbons (Fsp3) is 0.0714. The first-order chi connectivity index (χ1) is 9.40. The third-order valence-corrected chi connectivity index (χ3v) is 4.53. The summed E-state index contributed by atoms with van der Waals surface area (Å²) in [5.74, 6) is -0.135. The first-order valence-corrected chi connectivity index (χ1v) is 7.64. The van der Waals surface area contributed by atoms with E-state index in [9.17, 15) is 13.2 Å². The van der Waals surface area contributed by atoms with E-state index >= 15 is 0 Å². The molecule has 6 heteroatoms. The number of halogens is 1. The molecule has 0 amide bonds. The summed E-state index contributed by atoms with van der Waals surface area (Å²) in [6.07, 6.45) is 0. The number of rotatable bonds is 4. The van der Waals surface area contributed by atoms with E-state index in [1.807, 2.05) is 0 Å². The molecule has 0 radical (unpaired) electrons. The van der Waals surface area contributed by atoms with Crippen molar-refractivity contribution in [1.29, 1.82) is 0 Å². The van der Waals surface area contributed by atoms with E-state index < -0.39 is 10.0 Å². The molecular weight excluding hydrogens is 298 g/mol. The van der Waals surface area contributed by atoms with Gasteiger partial charge in [0.15, 0.2) is 5.78 Å². The van der Waals surface area contributed by atoms with Crippen LogP contribution in [0.25, 0.3) is 0 Å². The van der Waals surface area contributed by atoms with E-state index in [2.05, 4.69) is 4.72 Å². The molecule has 0 aromatic heterocycles. The molecule has 0 atom stereocenters. The van der Waals surface area contributed by atoms with Crippen molar-refractivity contribution < 1.29 is 13.2 Å². The topological polar surface area (TPSA) is 63.2 Å². The van der Waals surface area contributed by atoms with Gasteiger partial charge >= 0.3 is 0 Å². The maximum Gasteiger partial charge on any atom is 0.263 e. The largest absolute Gasteiger partial charge is 0.295 e. The minimum absolute atomic E-state index is 0.00473. The summed E-state index contributed by atoms with van der Waals surface area (Å²) in [5, 5.41) is 0.141. The van der Waals surface area contributed by atoms with Gasteiger partial charge < -0.3 is 0 Å². The number of sulfonamides is 1. The van der Waals surface area contributed by atoms with Gasteiger partial charge in [0, 0.05) is 11.3 Å². The Bertz CT molecular complexity index is 757. The second-order valence-electron chi connectivity index (χ2n) is 4.17. The second kappa shape index (κ2) is 5.64. The fourth-order valence-electron chi connectivity index (χ4n) is 1.67. The van der Waals surface area contributed by atoms with Crippen LogP contribution in [0.3, 0.4) is 0 Å². The standard InChI is InChI=1S/C14H12ClNO3S/c1-10(17)11-5-4-6-12(9-11)16-20(18,19)14-8-3-2-7-13(14)15/h2-9,16H,1H3. The van der Waals surface area contributed by atoms with Gasteiger partial charge in [0.05, 0.1) is 5.02 Å². The fourth-order valence-corrected chi connectivity index (χ4v) is 3.24. The van der Waals surface area contributed by atoms with Crippen molar-refractivity contribution in [3.05, 3.63) is 59.1 Å². The van der Waals surface area contributed by atoms with Gasteiger partial charge in [-0.3, -0.25) is 9.52 Å². The van der Waals surface area contributed by atoms with Crippen molar-refractivity contribution in [2.75, 3.05) is 4.72 Å². The molecule has 4 nitrogen and oxygen atoms in total. The number of benzene rings is 2. The summed E-state index contributed by atoms with van der Waals surface area (Å²) in [6, 6.07) is 12.4. The van der Waals surface area contributed by atoms with Gasteiger partial charge in [-0.05, 0) is 31.2 Å². The third kappa shape index (κ3) is 3.18. The lowest BCUT2D eigenvalue weighted by Gasteiger charge is -2.10. The summed E-state index contributed by atoms with van der Waals surface area (Å²) >= 11 is 5.88. The van der Waals surface area contributed by atoms with Crippen LogP contribution in [-0.4, -0.2) is 14.2 Å². The maximum absolute atomic E-state index is 12.2. The molecule has 0 unspecified atom stereocenters. The number of nitrogens with one attached hydrogen (secondary N) is 1. The Morgan fingerprint density at radius 2 is 1.80 bits per heavy atom. The van der Waals surface area contributed by atoms with E-state index in [4.69, 9.17) is 11.6 Å². The average molecular weight is 310 g/mol. The molecule has 20 heavy (non-hydrogen) atoms. The summed E-state index contributed by atoms with van der Waals surface area (Å²) in [4.78, 5) is 11.3. The average Bonchev–Trinajstić information content (AvgIpc) is 2.38. The smallest absolute Gasteiger partial charge is 0.263 e. The van der Waals surface area contributed by atoms with Crippen LogP contribution in [0.4, 0.5) is 5.69 Å². The summed E-state index contributed by atoms with van der Waals surface area (Å²) in [7, 11) is -3.78. The SMILES string of the molecule is CC(=O)c1cccc(NS(=O)(=O)c2ccccc2Cl)c1. The van der Waals surface area contributed by atoms with Crippen molar-refractivity contribution in [1.82, 2.24) is 0 Å². The molecule has 0 heterocycles. The lowest BCUT2D eigenvalue weighted by Crippen LogP contribution is -2.13. The predicted molar refractivity (Wildman–Crippen MR) is 78.7 cm³/mol. The molecule has 0 aliphatic carbocycles. The molecule has 0 aliphatic heterocycles. The molecule has 2 aromatic rings. The number of carbonyl (C=O) groups excluding carboxylic acids is 1. The highest BCUT2D eigenvalue weighted by molar-refractivity contribution is 7.92. The van der Waals surface area contributed by atoms with Gasteiger partial charge in [0.2, 0.25) is 0 Å². The maximum atomic E-state index is 12.2. The van der Waals surface area contributed by atoms with Crippen LogP contribution in [0.1, 0.15) is 17.3 Å². The minimum Gasteiger partial charge on any atom is -0.295 e. The number of Topliss-reactive ketones (excluding diaryl/α,β-unsaturated/α-hetero) is 1. The zero-order valence-electron chi connectivity index (χ0n) is 10.6. The van der Waals surface area contributed by atoms with E-state index in [-0.39, 0.29) is 15.7 Å². The van der Waals surface area contributed by atoms with E-state index in [1.54, 1.807) is 30.3 Å². The van der Waals surface area contributed by atoms with Gasteiger partial charge in [-0.2, -0.15) is 0 Å². The van der Waals surface area contributed by atoms with Crippen LogP contribution in [0, 0.1) is 0 Å². The predicted octanol–water partition coefficient (Wildman–Crippen LogP) is 3.34. The normalized spacial score (nSPS) is 11.1. The van der Waals surface area contributed by atoms with Crippen LogP contribution in [0.15, 0.2) is 53.4 Å². The van der Waals surface area contributed by atoms with Crippen LogP contribution in [0.2, 0.25) is 5.02 Å². The zero-order chi connectivity index (χ0) is 14.8. The van der Waals surface area contributed by atoms with Crippen LogP contribution in [0.5, 0.6) is 0 Å². The lowest BCUT2D eigenvalue weighted by molar-refractivity contribution is 0.101. The molecule has 0 saturated heterocycles. The molecule has 2 rings (SSSR count). The van der Waals surface area contributed by atoms with E-state index in [0.29, 0.717) is 11.3 Å². The van der Waals surface area contributed by atoms with Gasteiger partial charge in [-0.15, -0.1) is 0 Å². The molecule has 0 aliphatic rings. The number of carbonyl (C=O) groups is 1. The number of ketones is 1. The van der Waals surface area contributed by atoms with Crippen LogP contribution in [-0.2, 0) is 10.0 Å². The molecule has 0 spiro atoms. The highest BCUT2D eigenvalue weighted by Crippen LogP contribution is 2.23. The zero-order valence-corrected chi connectivity index (χ0v) is 12.2. The van der Waals surface area contributed by atoms with Crippen molar-refractivity contribution in [3.63, 3.8) is 0 Å². The first kappa shape index (κ1) is 14.6. The Hall–Kier alpha value is -1.85. The Labute approximate surface area is 122 Å². The Morgan fingerprint density at radius 1 is 1.10 bits per heavy atom. The molecule has 1 N–H and O–H groups in total. The molecule has 2 aromatic carbocycles. The quantitative estimate of drug-likeness (QED) is 0.881. The first-order valence-electron chi connectivity index (χ1n) is 5.78. The highest BCUT2D eigenvalue weighted by Gasteiger charge is 2.17. The minimum atomic E-state index is -3.78. The summed E-state index contributed by atoms with van der Waals surface area (Å²) in [5.41, 5.74) is 0.752. The Kier molecular flexibility index (Phi) is 4.11. The number of anilines is 1. The van der Waals surface area contributed by atoms with Crippen LogP contribution < -0.4 is 4.72 Å². The Morgan fingerprint density at radius 3 is 2.45 bits per heavy atom. The third-order valence-electron chi connectivity index (χ3n) is 2.65. The number of hydrogen-bond acceptors (Lipinski definition) is 3. The lowest BCUT2D eigenvalue weighted by atomic mass is 10.1. The highest BCUT2D eigenvalue weighted by atomic mass is 35.5. The summed E-state index contributed by atoms with van der Waals surface area (Å²) < 4.78 is 26.9. The molecule has 0 saturated carbocycles. The van der Waals surface area contributed by atoms with Crippen LogP contribution >= 0.6 is 11.6 Å². The monoisotopic (exact) mass is 309 g/mol. The molecule has 0 fully saturated rings. The van der Waals surface area contributed by atoms with Gasteiger partial charge in [0.1, 0.15) is 4.90 Å². The van der Waals surface area contributed by atoms with E-state index in [0.717, 1.165) is 0 Å². The van der Waals surface area contributed by atoms with Crippen molar-refractivity contribution in [2.45, 2.75) is 11.8 Å².